The predicted octanol–water partition coefficient (Wildman–Crippen LogP) is 2.62. The third-order valence-corrected chi connectivity index (χ3v) is 1.45. The lowest BCUT2D eigenvalue weighted by Crippen LogP contribution is -2.13. The number of alkyl halides is 5. The van der Waals surface area contributed by atoms with Crippen molar-refractivity contribution in [2.75, 3.05) is 5.73 Å². The van der Waals surface area contributed by atoms with E-state index < -0.39 is 29.7 Å². The minimum absolute atomic E-state index is 0.443. The minimum Gasteiger partial charge on any atom is -0.384 e. The topological polar surface area (TPSA) is 38.9 Å². The van der Waals surface area contributed by atoms with Gasteiger partial charge in [-0.1, -0.05) is 0 Å². The first kappa shape index (κ1) is 10.7. The van der Waals surface area contributed by atoms with Crippen LogP contribution >= 0.6 is 0 Å². The van der Waals surface area contributed by atoms with Crippen molar-refractivity contribution in [2.24, 2.45) is 0 Å². The van der Waals surface area contributed by atoms with Crippen molar-refractivity contribution in [3.05, 3.63) is 23.4 Å². The third-order valence-electron chi connectivity index (χ3n) is 1.45. The Morgan fingerprint density at radius 3 is 2.21 bits per heavy atom. The van der Waals surface area contributed by atoms with Gasteiger partial charge < -0.3 is 5.73 Å². The largest absolute Gasteiger partial charge is 0.433 e. The van der Waals surface area contributed by atoms with Crippen LogP contribution in [0.4, 0.5) is 27.8 Å². The summed E-state index contributed by atoms with van der Waals surface area (Å²) in [5.74, 6) is -0.443. The molecule has 1 rings (SSSR count). The number of hydrogen-bond acceptors (Lipinski definition) is 2. The number of nitrogens with zero attached hydrogens (tertiary/aromatic N) is 1. The quantitative estimate of drug-likeness (QED) is 0.726. The van der Waals surface area contributed by atoms with Gasteiger partial charge in [-0.25, -0.2) is 13.8 Å². The Morgan fingerprint density at radius 2 is 1.79 bits per heavy atom. The van der Waals surface area contributed by atoms with Crippen LogP contribution in [-0.4, -0.2) is 4.98 Å². The number of hydrogen-bond donors (Lipinski definition) is 1. The summed E-state index contributed by atoms with van der Waals surface area (Å²) in [4.78, 5) is 2.84. The molecule has 0 fully saturated rings. The highest BCUT2D eigenvalue weighted by molar-refractivity contribution is 5.36. The van der Waals surface area contributed by atoms with E-state index in [2.05, 4.69) is 4.98 Å². The van der Waals surface area contributed by atoms with Crippen LogP contribution in [0.15, 0.2) is 12.1 Å². The van der Waals surface area contributed by atoms with Gasteiger partial charge in [0.2, 0.25) is 0 Å². The number of nitrogen functional groups attached to an aromatic ring is 1. The highest BCUT2D eigenvalue weighted by Gasteiger charge is 2.37. The van der Waals surface area contributed by atoms with Crippen molar-refractivity contribution in [3.63, 3.8) is 0 Å². The van der Waals surface area contributed by atoms with E-state index in [9.17, 15) is 22.0 Å². The molecule has 1 aromatic rings. The second-order valence-corrected chi connectivity index (χ2v) is 2.47. The molecule has 0 aromatic carbocycles. The van der Waals surface area contributed by atoms with Gasteiger partial charge in [0.15, 0.2) is 5.69 Å². The van der Waals surface area contributed by atoms with Gasteiger partial charge >= 0.3 is 6.18 Å². The van der Waals surface area contributed by atoms with Crippen molar-refractivity contribution in [1.29, 1.82) is 0 Å². The van der Waals surface area contributed by atoms with Crippen LogP contribution in [0.3, 0.4) is 0 Å². The Hall–Kier alpha value is -1.40. The fourth-order valence-corrected chi connectivity index (χ4v) is 0.888. The Bertz CT molecular complexity index is 333. The zero-order valence-electron chi connectivity index (χ0n) is 6.65. The summed E-state index contributed by atoms with van der Waals surface area (Å²) in [7, 11) is 0. The molecule has 7 heteroatoms. The van der Waals surface area contributed by atoms with Crippen molar-refractivity contribution in [2.45, 2.75) is 12.6 Å². The highest BCUT2D eigenvalue weighted by Crippen LogP contribution is 2.35. The van der Waals surface area contributed by atoms with Crippen LogP contribution in [0.25, 0.3) is 0 Å². The van der Waals surface area contributed by atoms with Crippen LogP contribution in [-0.2, 0) is 6.18 Å². The maximum Gasteiger partial charge on any atom is 0.433 e. The second-order valence-electron chi connectivity index (χ2n) is 2.47. The smallest absolute Gasteiger partial charge is 0.384 e. The van der Waals surface area contributed by atoms with E-state index in [0.717, 1.165) is 6.07 Å². The summed E-state index contributed by atoms with van der Waals surface area (Å²) in [6.45, 7) is 0. The van der Waals surface area contributed by atoms with Crippen LogP contribution in [0.2, 0.25) is 0 Å². The molecule has 14 heavy (non-hydrogen) atoms. The van der Waals surface area contributed by atoms with Crippen molar-refractivity contribution >= 4 is 5.82 Å². The monoisotopic (exact) mass is 212 g/mol. The first-order valence-electron chi connectivity index (χ1n) is 3.44. The van der Waals surface area contributed by atoms with Gasteiger partial charge in [0, 0.05) is 5.56 Å². The van der Waals surface area contributed by atoms with E-state index in [0.29, 0.717) is 6.07 Å². The van der Waals surface area contributed by atoms with E-state index in [1.165, 1.54) is 0 Å². The summed E-state index contributed by atoms with van der Waals surface area (Å²) >= 11 is 0. The van der Waals surface area contributed by atoms with Gasteiger partial charge in [0.25, 0.3) is 6.43 Å². The third kappa shape index (κ3) is 2.09. The minimum atomic E-state index is -4.92. The lowest BCUT2D eigenvalue weighted by atomic mass is 10.2. The molecule has 1 heterocycles. The lowest BCUT2D eigenvalue weighted by molar-refractivity contribution is -0.143. The number of halogens is 5. The number of aromatic nitrogens is 1. The molecule has 1 aromatic heterocycles. The Labute approximate surface area is 75.5 Å². The summed E-state index contributed by atoms with van der Waals surface area (Å²) in [5, 5.41) is 0. The molecule has 0 saturated heterocycles. The van der Waals surface area contributed by atoms with Crippen LogP contribution in [0, 0.1) is 0 Å². The van der Waals surface area contributed by atoms with Crippen molar-refractivity contribution < 1.29 is 22.0 Å². The first-order chi connectivity index (χ1) is 6.32. The maximum absolute atomic E-state index is 12.1. The summed E-state index contributed by atoms with van der Waals surface area (Å²) in [5.41, 5.74) is 2.18. The fraction of sp³-hybridized carbons (Fsp3) is 0.286. The second kappa shape index (κ2) is 3.39. The number of anilines is 1. The fourth-order valence-electron chi connectivity index (χ4n) is 0.888. The molecule has 0 unspecified atom stereocenters. The van der Waals surface area contributed by atoms with Gasteiger partial charge in [-0.3, -0.25) is 0 Å². The van der Waals surface area contributed by atoms with Crippen LogP contribution in [0.1, 0.15) is 17.7 Å². The zero-order chi connectivity index (χ0) is 10.9. The maximum atomic E-state index is 12.1. The number of pyridine rings is 1. The van der Waals surface area contributed by atoms with E-state index >= 15 is 0 Å². The van der Waals surface area contributed by atoms with E-state index in [1.54, 1.807) is 0 Å². The molecule has 2 N–H and O–H groups in total. The molecular weight excluding hydrogens is 207 g/mol. The predicted molar refractivity (Wildman–Crippen MR) is 38.6 cm³/mol. The van der Waals surface area contributed by atoms with Gasteiger partial charge in [-0.05, 0) is 12.1 Å². The average Bonchev–Trinajstić information content (AvgIpc) is 2.01. The number of nitrogens with two attached hydrogens (primary N) is 1. The summed E-state index contributed by atoms with van der Waals surface area (Å²) < 4.78 is 60.6. The SMILES string of the molecule is Nc1ccc(C(F)F)c(C(F)(F)F)n1. The van der Waals surface area contributed by atoms with Crippen molar-refractivity contribution in [1.82, 2.24) is 4.98 Å². The standard InChI is InChI=1S/C7H5F5N2/c8-6(9)3-1-2-4(13)14-5(3)7(10,11)12/h1-2,6H,(H2,13,14). The number of rotatable bonds is 1. The molecule has 0 radical (unpaired) electrons. The molecule has 0 atom stereocenters. The lowest BCUT2D eigenvalue weighted by Gasteiger charge is -2.11. The van der Waals surface area contributed by atoms with E-state index in [4.69, 9.17) is 5.73 Å². The van der Waals surface area contributed by atoms with Gasteiger partial charge in [0.05, 0.1) is 0 Å². The van der Waals surface area contributed by atoms with Crippen LogP contribution < -0.4 is 5.73 Å². The molecule has 0 aliphatic carbocycles. The van der Waals surface area contributed by atoms with Crippen molar-refractivity contribution in [3.8, 4) is 0 Å². The highest BCUT2D eigenvalue weighted by atomic mass is 19.4. The van der Waals surface area contributed by atoms with E-state index in [1.807, 2.05) is 0 Å². The normalized spacial score (nSPS) is 12.1. The Balaban J connectivity index is 3.30. The Morgan fingerprint density at radius 1 is 1.21 bits per heavy atom. The molecule has 78 valence electrons. The molecule has 0 spiro atoms. The molecule has 0 bridgehead atoms. The summed E-state index contributed by atoms with van der Waals surface area (Å²) in [6, 6.07) is 1.52. The molecule has 2 nitrogen and oxygen atoms in total. The van der Waals surface area contributed by atoms with Gasteiger partial charge in [-0.15, -0.1) is 0 Å². The molecular formula is C7H5F5N2. The zero-order valence-corrected chi connectivity index (χ0v) is 6.65. The molecule has 0 amide bonds. The molecule has 0 aliphatic rings. The molecule has 0 saturated carbocycles. The first-order valence-corrected chi connectivity index (χ1v) is 3.44. The van der Waals surface area contributed by atoms with Gasteiger partial charge in [0.1, 0.15) is 5.82 Å². The average molecular weight is 212 g/mol. The molecule has 0 aliphatic heterocycles. The Kier molecular flexibility index (Phi) is 2.59. The van der Waals surface area contributed by atoms with E-state index in [-0.39, 0.29) is 0 Å². The van der Waals surface area contributed by atoms with Crippen LogP contribution in [0.5, 0.6) is 0 Å². The van der Waals surface area contributed by atoms with Gasteiger partial charge in [-0.2, -0.15) is 13.2 Å². The summed E-state index contributed by atoms with van der Waals surface area (Å²) in [6.07, 6.45) is -8.14.